The lowest BCUT2D eigenvalue weighted by Crippen LogP contribution is -2.15. The van der Waals surface area contributed by atoms with Gasteiger partial charge in [0.25, 0.3) is 0 Å². The van der Waals surface area contributed by atoms with Crippen molar-refractivity contribution in [1.29, 1.82) is 0 Å². The average Bonchev–Trinajstić information content (AvgIpc) is 2.55. The maximum Gasteiger partial charge on any atom is 0.308 e. The molecule has 0 heterocycles. The van der Waals surface area contributed by atoms with Gasteiger partial charge in [-0.3, -0.25) is 9.59 Å². The first kappa shape index (κ1) is 21.9. The highest BCUT2D eigenvalue weighted by Gasteiger charge is 2.13. The molecule has 4 nitrogen and oxygen atoms in total. The van der Waals surface area contributed by atoms with Crippen LogP contribution < -0.4 is 0 Å². The van der Waals surface area contributed by atoms with E-state index in [4.69, 9.17) is 9.47 Å². The summed E-state index contributed by atoms with van der Waals surface area (Å²) in [5.74, 6) is -0.0895. The molecule has 136 valence electrons. The Labute approximate surface area is 142 Å². The van der Waals surface area contributed by atoms with E-state index in [9.17, 15) is 9.59 Å². The molecular formula is C19H36O4. The molecule has 0 aromatic rings. The van der Waals surface area contributed by atoms with E-state index in [2.05, 4.69) is 0 Å². The minimum Gasteiger partial charge on any atom is -0.466 e. The van der Waals surface area contributed by atoms with Crippen LogP contribution in [0.2, 0.25) is 0 Å². The highest BCUT2D eigenvalue weighted by Crippen LogP contribution is 2.14. The summed E-state index contributed by atoms with van der Waals surface area (Å²) in [5.41, 5.74) is 0. The van der Waals surface area contributed by atoms with Crippen LogP contribution >= 0.6 is 0 Å². The molecule has 0 aliphatic heterocycles. The second-order valence-electron chi connectivity index (χ2n) is 6.30. The Morgan fingerprint density at radius 2 is 1.30 bits per heavy atom. The minimum atomic E-state index is -0.0594. The number of carbonyl (C=O) groups excluding carboxylic acids is 2. The number of carbonyl (C=O) groups is 2. The van der Waals surface area contributed by atoms with Crippen molar-refractivity contribution in [3.63, 3.8) is 0 Å². The van der Waals surface area contributed by atoms with Gasteiger partial charge < -0.3 is 9.47 Å². The molecular weight excluding hydrogens is 292 g/mol. The predicted molar refractivity (Wildman–Crippen MR) is 93.2 cm³/mol. The van der Waals surface area contributed by atoms with Gasteiger partial charge in [-0.1, -0.05) is 59.3 Å². The van der Waals surface area contributed by atoms with E-state index in [1.54, 1.807) is 0 Å². The monoisotopic (exact) mass is 328 g/mol. The maximum absolute atomic E-state index is 11.6. The lowest BCUT2D eigenvalue weighted by atomic mass is 10.0. The molecule has 0 amide bonds. The Bertz CT molecular complexity index is 302. The predicted octanol–water partition coefficient (Wildman–Crippen LogP) is 5.04. The van der Waals surface area contributed by atoms with Crippen molar-refractivity contribution in [3.05, 3.63) is 0 Å². The van der Waals surface area contributed by atoms with Crippen LogP contribution in [-0.4, -0.2) is 25.2 Å². The van der Waals surface area contributed by atoms with Crippen molar-refractivity contribution in [1.82, 2.24) is 0 Å². The molecule has 23 heavy (non-hydrogen) atoms. The summed E-state index contributed by atoms with van der Waals surface area (Å²) in [4.78, 5) is 22.9. The molecule has 1 atom stereocenters. The first-order chi connectivity index (χ1) is 11.1. The van der Waals surface area contributed by atoms with Gasteiger partial charge in [-0.15, -0.1) is 0 Å². The molecule has 0 saturated carbocycles. The van der Waals surface area contributed by atoms with Gasteiger partial charge in [-0.25, -0.2) is 0 Å². The zero-order valence-corrected chi connectivity index (χ0v) is 15.4. The third kappa shape index (κ3) is 14.3. The molecule has 0 aliphatic rings. The van der Waals surface area contributed by atoms with Crippen LogP contribution in [0.4, 0.5) is 0 Å². The average molecular weight is 328 g/mol. The van der Waals surface area contributed by atoms with Crippen molar-refractivity contribution >= 4 is 11.9 Å². The summed E-state index contributed by atoms with van der Waals surface area (Å²) >= 11 is 0. The van der Waals surface area contributed by atoms with Crippen LogP contribution in [-0.2, 0) is 19.1 Å². The standard InChI is InChI=1S/C19H36O4/c1-4-15-22-18(20)14-12-10-8-6-7-9-11-13-17(3)19(21)23-16-5-2/h17H,4-16H2,1-3H3. The molecule has 4 heteroatoms. The molecule has 0 spiro atoms. The van der Waals surface area contributed by atoms with Crippen molar-refractivity contribution in [2.45, 2.75) is 91.4 Å². The van der Waals surface area contributed by atoms with E-state index in [-0.39, 0.29) is 17.9 Å². The van der Waals surface area contributed by atoms with E-state index in [0.29, 0.717) is 19.6 Å². The summed E-state index contributed by atoms with van der Waals surface area (Å²) in [5, 5.41) is 0. The lowest BCUT2D eigenvalue weighted by molar-refractivity contribution is -0.148. The van der Waals surface area contributed by atoms with Crippen molar-refractivity contribution in [2.75, 3.05) is 13.2 Å². The zero-order valence-electron chi connectivity index (χ0n) is 15.4. The Hall–Kier alpha value is -1.06. The molecule has 0 radical (unpaired) electrons. The summed E-state index contributed by atoms with van der Waals surface area (Å²) in [7, 11) is 0. The molecule has 0 bridgehead atoms. The second-order valence-corrected chi connectivity index (χ2v) is 6.30. The molecule has 0 fully saturated rings. The van der Waals surface area contributed by atoms with Gasteiger partial charge >= 0.3 is 11.9 Å². The van der Waals surface area contributed by atoms with Gasteiger partial charge in [0, 0.05) is 6.42 Å². The molecule has 0 saturated heterocycles. The molecule has 0 N–H and O–H groups in total. The third-order valence-corrected chi connectivity index (χ3v) is 3.84. The summed E-state index contributed by atoms with van der Waals surface area (Å²) in [6.07, 6.45) is 11.1. The van der Waals surface area contributed by atoms with Gasteiger partial charge in [0.2, 0.25) is 0 Å². The fraction of sp³-hybridized carbons (Fsp3) is 0.895. The van der Waals surface area contributed by atoms with Gasteiger partial charge in [0.05, 0.1) is 19.1 Å². The molecule has 0 aromatic carbocycles. The van der Waals surface area contributed by atoms with Crippen LogP contribution in [0, 0.1) is 5.92 Å². The minimum absolute atomic E-state index is 0.0238. The largest absolute Gasteiger partial charge is 0.466 e. The summed E-state index contributed by atoms with van der Waals surface area (Å²) in [6.45, 7) is 7.04. The second kappa shape index (κ2) is 15.8. The molecule has 0 aromatic heterocycles. The summed E-state index contributed by atoms with van der Waals surface area (Å²) in [6, 6.07) is 0. The molecule has 1 unspecified atom stereocenters. The fourth-order valence-corrected chi connectivity index (χ4v) is 2.35. The Morgan fingerprint density at radius 1 is 0.783 bits per heavy atom. The molecule has 0 rings (SSSR count). The topological polar surface area (TPSA) is 52.6 Å². The van der Waals surface area contributed by atoms with Crippen molar-refractivity contribution < 1.29 is 19.1 Å². The first-order valence-corrected chi connectivity index (χ1v) is 9.44. The normalized spacial score (nSPS) is 12.0. The SMILES string of the molecule is CCCOC(=O)CCCCCCCCCC(C)C(=O)OCCC. The van der Waals surface area contributed by atoms with Crippen LogP contribution in [0.15, 0.2) is 0 Å². The van der Waals surface area contributed by atoms with E-state index < -0.39 is 0 Å². The van der Waals surface area contributed by atoms with Crippen LogP contribution in [0.25, 0.3) is 0 Å². The smallest absolute Gasteiger partial charge is 0.308 e. The number of ether oxygens (including phenoxy) is 2. The van der Waals surface area contributed by atoms with E-state index in [1.165, 1.54) is 25.7 Å². The highest BCUT2D eigenvalue weighted by atomic mass is 16.5. The van der Waals surface area contributed by atoms with Gasteiger partial charge in [0.1, 0.15) is 0 Å². The number of esters is 2. The van der Waals surface area contributed by atoms with Crippen LogP contribution in [0.3, 0.4) is 0 Å². The van der Waals surface area contributed by atoms with Crippen molar-refractivity contribution in [2.24, 2.45) is 5.92 Å². The van der Waals surface area contributed by atoms with Gasteiger partial charge in [-0.2, -0.15) is 0 Å². The lowest BCUT2D eigenvalue weighted by Gasteiger charge is -2.10. The van der Waals surface area contributed by atoms with Gasteiger partial charge in [-0.05, 0) is 25.7 Å². The number of rotatable bonds is 15. The van der Waals surface area contributed by atoms with Crippen LogP contribution in [0.1, 0.15) is 91.4 Å². The van der Waals surface area contributed by atoms with Crippen LogP contribution in [0.5, 0.6) is 0 Å². The Balaban J connectivity index is 3.33. The first-order valence-electron chi connectivity index (χ1n) is 9.44. The summed E-state index contributed by atoms with van der Waals surface area (Å²) < 4.78 is 10.2. The maximum atomic E-state index is 11.6. The Kier molecular flexibility index (Phi) is 15.1. The number of unbranched alkanes of at least 4 members (excludes halogenated alkanes) is 6. The number of hydrogen-bond donors (Lipinski definition) is 0. The zero-order chi connectivity index (χ0) is 17.3. The fourth-order valence-electron chi connectivity index (χ4n) is 2.35. The van der Waals surface area contributed by atoms with E-state index in [1.807, 2.05) is 20.8 Å². The number of hydrogen-bond acceptors (Lipinski definition) is 4. The Morgan fingerprint density at radius 3 is 1.91 bits per heavy atom. The van der Waals surface area contributed by atoms with E-state index in [0.717, 1.165) is 38.5 Å². The van der Waals surface area contributed by atoms with Gasteiger partial charge in [0.15, 0.2) is 0 Å². The highest BCUT2D eigenvalue weighted by molar-refractivity contribution is 5.71. The quantitative estimate of drug-likeness (QED) is 0.312. The molecule has 0 aliphatic carbocycles. The van der Waals surface area contributed by atoms with E-state index >= 15 is 0 Å². The third-order valence-electron chi connectivity index (χ3n) is 3.84. The van der Waals surface area contributed by atoms with Crippen molar-refractivity contribution in [3.8, 4) is 0 Å².